The average Bonchev–Trinajstić information content (AvgIpc) is 2.80. The Balaban J connectivity index is 1.84. The minimum absolute atomic E-state index is 0.153. The van der Waals surface area contributed by atoms with Gasteiger partial charge in [-0.25, -0.2) is 0 Å². The minimum atomic E-state index is -0.153. The number of rotatable bonds is 0. The first kappa shape index (κ1) is 7.34. The maximum Gasteiger partial charge on any atom is 0.113 e. The third-order valence-corrected chi connectivity index (χ3v) is 3.99. The molecule has 2 heteroatoms. The zero-order valence-corrected chi connectivity index (χ0v) is 7.33. The van der Waals surface area contributed by atoms with Crippen LogP contribution in [-0.4, -0.2) is 22.9 Å². The molecule has 2 aliphatic carbocycles. The van der Waals surface area contributed by atoms with Crippen molar-refractivity contribution in [2.24, 2.45) is 5.92 Å². The Bertz CT molecular complexity index is 204. The first-order chi connectivity index (χ1) is 5.83. The van der Waals surface area contributed by atoms with Gasteiger partial charge < -0.3 is 9.84 Å². The standard InChI is InChI=1S/C10H16O2/c11-8-5-4-7-3-1-2-6-10(7)9(8)12-10/h7-9,11H,1-6H2/t7-,8+,9+,10-/m0/s1. The van der Waals surface area contributed by atoms with Gasteiger partial charge in [-0.2, -0.15) is 0 Å². The van der Waals surface area contributed by atoms with Crippen molar-refractivity contribution in [3.8, 4) is 0 Å². The van der Waals surface area contributed by atoms with E-state index in [9.17, 15) is 5.11 Å². The van der Waals surface area contributed by atoms with Crippen molar-refractivity contribution in [3.05, 3.63) is 0 Å². The molecular formula is C10H16O2. The fourth-order valence-corrected chi connectivity index (χ4v) is 3.29. The molecule has 68 valence electrons. The first-order valence-corrected chi connectivity index (χ1v) is 5.19. The second-order valence-electron chi connectivity index (χ2n) is 4.58. The van der Waals surface area contributed by atoms with Crippen LogP contribution < -0.4 is 0 Å². The number of ether oxygens (including phenoxy) is 1. The van der Waals surface area contributed by atoms with Crippen LogP contribution in [0.2, 0.25) is 0 Å². The molecule has 0 unspecified atom stereocenters. The van der Waals surface area contributed by atoms with Gasteiger partial charge in [0.05, 0.1) is 6.10 Å². The van der Waals surface area contributed by atoms with Gasteiger partial charge in [0.2, 0.25) is 0 Å². The van der Waals surface area contributed by atoms with Gasteiger partial charge in [-0.1, -0.05) is 12.8 Å². The molecule has 3 fully saturated rings. The summed E-state index contributed by atoms with van der Waals surface area (Å²) in [6, 6.07) is 0. The summed E-state index contributed by atoms with van der Waals surface area (Å²) in [6.45, 7) is 0. The molecule has 1 aliphatic heterocycles. The number of epoxide rings is 1. The zero-order valence-electron chi connectivity index (χ0n) is 7.33. The van der Waals surface area contributed by atoms with Crippen molar-refractivity contribution in [2.45, 2.75) is 56.3 Å². The van der Waals surface area contributed by atoms with Crippen molar-refractivity contribution >= 4 is 0 Å². The monoisotopic (exact) mass is 168 g/mol. The number of aliphatic hydroxyl groups is 1. The second kappa shape index (κ2) is 2.24. The third kappa shape index (κ3) is 0.775. The van der Waals surface area contributed by atoms with Gasteiger partial charge in [0, 0.05) is 0 Å². The van der Waals surface area contributed by atoms with Crippen molar-refractivity contribution in [2.75, 3.05) is 0 Å². The maximum absolute atomic E-state index is 9.63. The topological polar surface area (TPSA) is 32.8 Å². The smallest absolute Gasteiger partial charge is 0.113 e. The SMILES string of the molecule is O[C@@H]1CC[C@@H]2CCCC[C@]23O[C@H]13. The summed E-state index contributed by atoms with van der Waals surface area (Å²) in [5.74, 6) is 0.777. The average molecular weight is 168 g/mol. The summed E-state index contributed by atoms with van der Waals surface area (Å²) in [5, 5.41) is 9.63. The maximum atomic E-state index is 9.63. The quantitative estimate of drug-likeness (QED) is 0.555. The van der Waals surface area contributed by atoms with Crippen molar-refractivity contribution in [1.29, 1.82) is 0 Å². The largest absolute Gasteiger partial charge is 0.390 e. The predicted molar refractivity (Wildman–Crippen MR) is 44.8 cm³/mol. The molecule has 1 spiro atoms. The molecule has 2 saturated carbocycles. The molecule has 0 aromatic heterocycles. The van der Waals surface area contributed by atoms with Gasteiger partial charge in [-0.15, -0.1) is 0 Å². The van der Waals surface area contributed by atoms with Crippen LogP contribution in [0.15, 0.2) is 0 Å². The molecule has 1 N–H and O–H groups in total. The van der Waals surface area contributed by atoms with Crippen LogP contribution in [0.4, 0.5) is 0 Å². The van der Waals surface area contributed by atoms with Crippen molar-refractivity contribution in [1.82, 2.24) is 0 Å². The van der Waals surface area contributed by atoms with E-state index in [0.29, 0.717) is 0 Å². The van der Waals surface area contributed by atoms with E-state index in [0.717, 1.165) is 12.3 Å². The molecule has 12 heavy (non-hydrogen) atoms. The summed E-state index contributed by atoms with van der Waals surface area (Å²) in [5.41, 5.74) is 0.163. The van der Waals surface area contributed by atoms with E-state index in [1.165, 1.54) is 32.1 Å². The van der Waals surface area contributed by atoms with E-state index in [4.69, 9.17) is 4.74 Å². The summed E-state index contributed by atoms with van der Waals surface area (Å²) in [7, 11) is 0. The van der Waals surface area contributed by atoms with E-state index in [1.54, 1.807) is 0 Å². The summed E-state index contributed by atoms with van der Waals surface area (Å²) < 4.78 is 5.73. The zero-order chi connectivity index (χ0) is 8.18. The highest BCUT2D eigenvalue weighted by atomic mass is 16.6. The van der Waals surface area contributed by atoms with Gasteiger partial charge in [-0.05, 0) is 31.6 Å². The van der Waals surface area contributed by atoms with Crippen LogP contribution in [0.1, 0.15) is 38.5 Å². The van der Waals surface area contributed by atoms with E-state index < -0.39 is 0 Å². The van der Waals surface area contributed by atoms with Crippen molar-refractivity contribution < 1.29 is 9.84 Å². The fourth-order valence-electron chi connectivity index (χ4n) is 3.29. The van der Waals surface area contributed by atoms with Gasteiger partial charge >= 0.3 is 0 Å². The number of hydrogen-bond acceptors (Lipinski definition) is 2. The molecule has 2 nitrogen and oxygen atoms in total. The summed E-state index contributed by atoms with van der Waals surface area (Å²) >= 11 is 0. The van der Waals surface area contributed by atoms with Gasteiger partial charge in [0.1, 0.15) is 11.7 Å². The molecule has 0 aromatic carbocycles. The Morgan fingerprint density at radius 3 is 3.00 bits per heavy atom. The molecule has 1 heterocycles. The number of aliphatic hydroxyl groups excluding tert-OH is 1. The van der Waals surface area contributed by atoms with Crippen molar-refractivity contribution in [3.63, 3.8) is 0 Å². The Morgan fingerprint density at radius 2 is 2.08 bits per heavy atom. The fraction of sp³-hybridized carbons (Fsp3) is 1.00. The molecule has 1 saturated heterocycles. The highest BCUT2D eigenvalue weighted by Gasteiger charge is 2.65. The molecule has 0 radical (unpaired) electrons. The predicted octanol–water partition coefficient (Wildman–Crippen LogP) is 1.47. The summed E-state index contributed by atoms with van der Waals surface area (Å²) in [4.78, 5) is 0. The van der Waals surface area contributed by atoms with E-state index in [2.05, 4.69) is 0 Å². The lowest BCUT2D eigenvalue weighted by Gasteiger charge is -2.33. The normalized spacial score (nSPS) is 57.2. The lowest BCUT2D eigenvalue weighted by atomic mass is 9.70. The lowest BCUT2D eigenvalue weighted by molar-refractivity contribution is 0.0965. The van der Waals surface area contributed by atoms with Crippen LogP contribution in [0.25, 0.3) is 0 Å². The van der Waals surface area contributed by atoms with E-state index in [1.807, 2.05) is 0 Å². The molecule has 3 rings (SSSR count). The third-order valence-electron chi connectivity index (χ3n) is 3.99. The molecule has 0 amide bonds. The Labute approximate surface area is 72.9 Å². The Kier molecular flexibility index (Phi) is 1.37. The van der Waals surface area contributed by atoms with Crippen LogP contribution >= 0.6 is 0 Å². The van der Waals surface area contributed by atoms with Gasteiger partial charge in [0.15, 0.2) is 0 Å². The molecule has 0 aromatic rings. The van der Waals surface area contributed by atoms with Crippen LogP contribution in [0.3, 0.4) is 0 Å². The highest BCUT2D eigenvalue weighted by Crippen LogP contribution is 2.57. The highest BCUT2D eigenvalue weighted by molar-refractivity contribution is 5.14. The molecule has 4 atom stereocenters. The minimum Gasteiger partial charge on any atom is -0.390 e. The van der Waals surface area contributed by atoms with E-state index >= 15 is 0 Å². The second-order valence-corrected chi connectivity index (χ2v) is 4.58. The summed E-state index contributed by atoms with van der Waals surface area (Å²) in [6.07, 6.45) is 7.45. The van der Waals surface area contributed by atoms with Crippen LogP contribution in [0.5, 0.6) is 0 Å². The van der Waals surface area contributed by atoms with E-state index in [-0.39, 0.29) is 17.8 Å². The molecule has 3 aliphatic rings. The number of hydrogen-bond donors (Lipinski definition) is 1. The van der Waals surface area contributed by atoms with Crippen LogP contribution in [-0.2, 0) is 4.74 Å². The lowest BCUT2D eigenvalue weighted by Crippen LogP contribution is -2.39. The molecular weight excluding hydrogens is 152 g/mol. The van der Waals surface area contributed by atoms with Gasteiger partial charge in [-0.3, -0.25) is 0 Å². The Hall–Kier alpha value is -0.0800. The Morgan fingerprint density at radius 1 is 1.17 bits per heavy atom. The first-order valence-electron chi connectivity index (χ1n) is 5.19. The molecule has 0 bridgehead atoms. The van der Waals surface area contributed by atoms with Gasteiger partial charge in [0.25, 0.3) is 0 Å². The van der Waals surface area contributed by atoms with Crippen LogP contribution in [0, 0.1) is 5.92 Å².